The monoisotopic (exact) mass is 145 g/mol. The first kappa shape index (κ1) is 8.24. The van der Waals surface area contributed by atoms with E-state index in [0.29, 0.717) is 10.6 Å². The van der Waals surface area contributed by atoms with Crippen LogP contribution in [0.1, 0.15) is 6.92 Å². The number of primary amides is 1. The fraction of sp³-hybridized carbons (Fsp3) is 0.167. The smallest absolute Gasteiger partial charge is 0.244 e. The molecule has 2 N–H and O–H groups in total. The van der Waals surface area contributed by atoms with E-state index in [-0.39, 0.29) is 0 Å². The Bertz CT molecular complexity index is 172. The summed E-state index contributed by atoms with van der Waals surface area (Å²) >= 11 is 5.34. The first-order valence-electron chi connectivity index (χ1n) is 2.36. The van der Waals surface area contributed by atoms with E-state index < -0.39 is 5.91 Å². The SMILES string of the molecule is C=C(Cl)C=C(C)C(N)=O. The number of hydrogen-bond donors (Lipinski definition) is 1. The van der Waals surface area contributed by atoms with Crippen LogP contribution in [-0.4, -0.2) is 5.91 Å². The van der Waals surface area contributed by atoms with Gasteiger partial charge in [0.2, 0.25) is 5.91 Å². The Balaban J connectivity index is 4.17. The molecule has 0 saturated heterocycles. The molecule has 3 heteroatoms. The summed E-state index contributed by atoms with van der Waals surface area (Å²) in [7, 11) is 0. The van der Waals surface area contributed by atoms with Gasteiger partial charge in [-0.3, -0.25) is 4.79 Å². The second kappa shape index (κ2) is 3.30. The number of amides is 1. The largest absolute Gasteiger partial charge is 0.366 e. The molecule has 2 nitrogen and oxygen atoms in total. The molecular formula is C6H8ClNO. The highest BCUT2D eigenvalue weighted by Gasteiger charge is 1.94. The van der Waals surface area contributed by atoms with Crippen LogP contribution >= 0.6 is 11.6 Å². The zero-order chi connectivity index (χ0) is 7.44. The van der Waals surface area contributed by atoms with Crippen molar-refractivity contribution in [1.82, 2.24) is 0 Å². The predicted molar refractivity (Wildman–Crippen MR) is 37.9 cm³/mol. The van der Waals surface area contributed by atoms with Crippen molar-refractivity contribution in [2.24, 2.45) is 5.73 Å². The molecule has 0 heterocycles. The van der Waals surface area contributed by atoms with Crippen LogP contribution in [0.15, 0.2) is 23.3 Å². The number of nitrogens with two attached hydrogens (primary N) is 1. The lowest BCUT2D eigenvalue weighted by atomic mass is 10.3. The molecule has 0 bridgehead atoms. The molecule has 0 aromatic carbocycles. The van der Waals surface area contributed by atoms with E-state index >= 15 is 0 Å². The molecule has 0 aliphatic rings. The molecule has 0 aromatic heterocycles. The van der Waals surface area contributed by atoms with Gasteiger partial charge >= 0.3 is 0 Å². The van der Waals surface area contributed by atoms with Gasteiger partial charge in [0.1, 0.15) is 0 Å². The van der Waals surface area contributed by atoms with E-state index in [4.69, 9.17) is 17.3 Å². The first-order chi connectivity index (χ1) is 4.04. The Morgan fingerprint density at radius 3 is 2.33 bits per heavy atom. The van der Waals surface area contributed by atoms with Crippen LogP contribution in [0.2, 0.25) is 0 Å². The summed E-state index contributed by atoms with van der Waals surface area (Å²) in [5, 5.41) is 0.311. The Hall–Kier alpha value is -0.760. The van der Waals surface area contributed by atoms with Gasteiger partial charge in [-0.2, -0.15) is 0 Å². The number of carbonyl (C=O) groups excluding carboxylic acids is 1. The lowest BCUT2D eigenvalue weighted by Gasteiger charge is -1.89. The molecule has 0 spiro atoms. The average Bonchev–Trinajstić information content (AvgIpc) is 1.63. The number of hydrogen-bond acceptors (Lipinski definition) is 1. The maximum absolute atomic E-state index is 10.3. The minimum absolute atomic E-state index is 0.311. The third-order valence-corrected chi connectivity index (χ3v) is 0.871. The van der Waals surface area contributed by atoms with Crippen molar-refractivity contribution >= 4 is 17.5 Å². The number of halogens is 1. The lowest BCUT2D eigenvalue weighted by Crippen LogP contribution is -2.11. The molecule has 0 saturated carbocycles. The van der Waals surface area contributed by atoms with Gasteiger partial charge in [0.25, 0.3) is 0 Å². The first-order valence-corrected chi connectivity index (χ1v) is 2.74. The van der Waals surface area contributed by atoms with Crippen LogP contribution in [0.5, 0.6) is 0 Å². The van der Waals surface area contributed by atoms with Crippen molar-refractivity contribution in [3.63, 3.8) is 0 Å². The van der Waals surface area contributed by atoms with E-state index in [2.05, 4.69) is 6.58 Å². The molecule has 0 rings (SSSR count). The summed E-state index contributed by atoms with van der Waals surface area (Å²) in [6, 6.07) is 0. The minimum atomic E-state index is -0.475. The predicted octanol–water partition coefficient (Wildman–Crippen LogP) is 1.17. The lowest BCUT2D eigenvalue weighted by molar-refractivity contribution is -0.114. The molecule has 0 fully saturated rings. The van der Waals surface area contributed by atoms with Gasteiger partial charge in [0.15, 0.2) is 0 Å². The maximum Gasteiger partial charge on any atom is 0.244 e. The average molecular weight is 146 g/mol. The summed E-state index contributed by atoms with van der Waals surface area (Å²) in [6.07, 6.45) is 1.42. The van der Waals surface area contributed by atoms with Crippen LogP contribution in [0.3, 0.4) is 0 Å². The van der Waals surface area contributed by atoms with Crippen LogP contribution in [0, 0.1) is 0 Å². The third-order valence-electron chi connectivity index (χ3n) is 0.762. The van der Waals surface area contributed by atoms with E-state index in [1.165, 1.54) is 6.08 Å². The van der Waals surface area contributed by atoms with Gasteiger partial charge in [-0.25, -0.2) is 0 Å². The standard InChI is InChI=1S/C6H8ClNO/c1-4(6(8)9)3-5(2)7/h3H,2H2,1H3,(H2,8,9). The van der Waals surface area contributed by atoms with Crippen LogP contribution in [0.4, 0.5) is 0 Å². The summed E-state index contributed by atoms with van der Waals surface area (Å²) in [5.41, 5.74) is 5.29. The van der Waals surface area contributed by atoms with Gasteiger partial charge in [-0.05, 0) is 13.0 Å². The van der Waals surface area contributed by atoms with Gasteiger partial charge < -0.3 is 5.73 Å². The van der Waals surface area contributed by atoms with Crippen LogP contribution in [0.25, 0.3) is 0 Å². The maximum atomic E-state index is 10.3. The molecule has 1 amide bonds. The topological polar surface area (TPSA) is 43.1 Å². The van der Waals surface area contributed by atoms with E-state index in [0.717, 1.165) is 0 Å². The van der Waals surface area contributed by atoms with Crippen molar-refractivity contribution in [3.8, 4) is 0 Å². The molecule has 50 valence electrons. The Morgan fingerprint density at radius 1 is 1.78 bits per heavy atom. The third kappa shape index (κ3) is 3.79. The molecule has 0 radical (unpaired) electrons. The summed E-state index contributed by atoms with van der Waals surface area (Å²) in [6.45, 7) is 4.94. The van der Waals surface area contributed by atoms with Crippen LogP contribution in [-0.2, 0) is 4.79 Å². The molecule has 9 heavy (non-hydrogen) atoms. The second-order valence-electron chi connectivity index (χ2n) is 1.64. The Kier molecular flexibility index (Phi) is 3.02. The van der Waals surface area contributed by atoms with Crippen molar-refractivity contribution in [3.05, 3.63) is 23.3 Å². The van der Waals surface area contributed by atoms with E-state index in [9.17, 15) is 4.79 Å². The van der Waals surface area contributed by atoms with Gasteiger partial charge in [0, 0.05) is 10.6 Å². The minimum Gasteiger partial charge on any atom is -0.366 e. The van der Waals surface area contributed by atoms with E-state index in [1.807, 2.05) is 0 Å². The molecule has 0 atom stereocenters. The zero-order valence-electron chi connectivity index (χ0n) is 5.15. The molecule has 0 unspecified atom stereocenters. The summed E-state index contributed by atoms with van der Waals surface area (Å²) in [5.74, 6) is -0.475. The van der Waals surface area contributed by atoms with Crippen LogP contribution < -0.4 is 5.73 Å². The second-order valence-corrected chi connectivity index (χ2v) is 2.12. The highest BCUT2D eigenvalue weighted by atomic mass is 35.5. The van der Waals surface area contributed by atoms with E-state index in [1.54, 1.807) is 6.92 Å². The Labute approximate surface area is 59.0 Å². The highest BCUT2D eigenvalue weighted by Crippen LogP contribution is 2.02. The normalized spacial score (nSPS) is 11.1. The van der Waals surface area contributed by atoms with Gasteiger partial charge in [-0.15, -0.1) is 0 Å². The van der Waals surface area contributed by atoms with Crippen molar-refractivity contribution in [2.75, 3.05) is 0 Å². The molecule has 0 aliphatic carbocycles. The molecule has 0 aromatic rings. The molecular weight excluding hydrogens is 138 g/mol. The number of allylic oxidation sites excluding steroid dienone is 2. The summed E-state index contributed by atoms with van der Waals surface area (Å²) < 4.78 is 0. The van der Waals surface area contributed by atoms with Crippen molar-refractivity contribution in [1.29, 1.82) is 0 Å². The van der Waals surface area contributed by atoms with Gasteiger partial charge in [0.05, 0.1) is 0 Å². The van der Waals surface area contributed by atoms with Crippen molar-refractivity contribution < 1.29 is 4.79 Å². The highest BCUT2D eigenvalue weighted by molar-refractivity contribution is 6.31. The zero-order valence-corrected chi connectivity index (χ0v) is 5.90. The quantitative estimate of drug-likeness (QED) is 0.460. The fourth-order valence-electron chi connectivity index (χ4n) is 0.306. The van der Waals surface area contributed by atoms with Crippen molar-refractivity contribution in [2.45, 2.75) is 6.92 Å². The number of carbonyl (C=O) groups is 1. The van der Waals surface area contributed by atoms with Gasteiger partial charge in [-0.1, -0.05) is 18.2 Å². The summed E-state index contributed by atoms with van der Waals surface area (Å²) in [4.78, 5) is 10.3. The fourth-order valence-corrected chi connectivity index (χ4v) is 0.470. The number of rotatable bonds is 2. The Morgan fingerprint density at radius 2 is 2.22 bits per heavy atom. The molecule has 0 aliphatic heterocycles.